The average molecular weight is 286 g/mol. The number of benzene rings is 2. The van der Waals surface area contributed by atoms with Crippen LogP contribution in [-0.4, -0.2) is 10.9 Å². The quantitative estimate of drug-likeness (QED) is 0.829. The minimum atomic E-state index is -0.709. The molecule has 21 heavy (non-hydrogen) atoms. The van der Waals surface area contributed by atoms with E-state index < -0.39 is 11.6 Å². The summed E-state index contributed by atoms with van der Waals surface area (Å²) in [6.07, 6.45) is 1.77. The zero-order chi connectivity index (χ0) is 15.4. The molecular formula is C18H19FO2. The van der Waals surface area contributed by atoms with Crippen molar-refractivity contribution in [1.82, 2.24) is 0 Å². The molecule has 0 spiro atoms. The summed E-state index contributed by atoms with van der Waals surface area (Å²) in [5, 5.41) is 9.70. The molecule has 0 unspecified atom stereocenters. The number of hydrogen-bond acceptors (Lipinski definition) is 2. The third kappa shape index (κ3) is 3.69. The van der Waals surface area contributed by atoms with Gasteiger partial charge in [0.05, 0.1) is 5.56 Å². The number of halogens is 1. The predicted molar refractivity (Wildman–Crippen MR) is 81.2 cm³/mol. The molecule has 2 rings (SSSR count). The van der Waals surface area contributed by atoms with Crippen molar-refractivity contribution in [2.45, 2.75) is 33.1 Å². The molecule has 0 aliphatic carbocycles. The van der Waals surface area contributed by atoms with Crippen molar-refractivity contribution in [1.29, 1.82) is 0 Å². The number of hydrogen-bond donors (Lipinski definition) is 1. The third-order valence-corrected chi connectivity index (χ3v) is 3.60. The van der Waals surface area contributed by atoms with Crippen LogP contribution in [0.2, 0.25) is 0 Å². The molecular weight excluding hydrogens is 267 g/mol. The summed E-state index contributed by atoms with van der Waals surface area (Å²) in [5.74, 6) is -1.46. The zero-order valence-corrected chi connectivity index (χ0v) is 12.3. The highest BCUT2D eigenvalue weighted by Gasteiger charge is 2.15. The Morgan fingerprint density at radius 3 is 2.43 bits per heavy atom. The molecule has 2 aromatic carbocycles. The van der Waals surface area contributed by atoms with Crippen molar-refractivity contribution < 1.29 is 14.3 Å². The highest BCUT2D eigenvalue weighted by Crippen LogP contribution is 2.25. The molecule has 0 aliphatic rings. The largest absolute Gasteiger partial charge is 0.504 e. The number of rotatable bonds is 5. The van der Waals surface area contributed by atoms with Gasteiger partial charge in [-0.05, 0) is 43.9 Å². The van der Waals surface area contributed by atoms with Gasteiger partial charge in [-0.25, -0.2) is 4.39 Å². The molecule has 0 aliphatic heterocycles. The van der Waals surface area contributed by atoms with Gasteiger partial charge in [-0.15, -0.1) is 0 Å². The number of Topliss-reactive ketones (excluding diaryl/α,β-unsaturated/α-hetero) is 1. The summed E-state index contributed by atoms with van der Waals surface area (Å²) in [6.45, 7) is 3.59. The Kier molecular flexibility index (Phi) is 4.73. The van der Waals surface area contributed by atoms with E-state index in [0.717, 1.165) is 6.42 Å². The van der Waals surface area contributed by atoms with Crippen LogP contribution in [-0.2, 0) is 6.42 Å². The van der Waals surface area contributed by atoms with E-state index in [2.05, 4.69) is 0 Å². The number of carbonyl (C=O) groups is 1. The van der Waals surface area contributed by atoms with Crippen LogP contribution in [0.4, 0.5) is 4.39 Å². The van der Waals surface area contributed by atoms with E-state index in [-0.39, 0.29) is 11.3 Å². The van der Waals surface area contributed by atoms with Crippen molar-refractivity contribution in [2.75, 3.05) is 0 Å². The van der Waals surface area contributed by atoms with Crippen LogP contribution < -0.4 is 0 Å². The van der Waals surface area contributed by atoms with E-state index >= 15 is 0 Å². The molecule has 0 aromatic heterocycles. The lowest BCUT2D eigenvalue weighted by Gasteiger charge is -2.07. The summed E-state index contributed by atoms with van der Waals surface area (Å²) < 4.78 is 13.6. The number of aryl methyl sites for hydroxylation is 3. The lowest BCUT2D eigenvalue weighted by atomic mass is 10.0. The molecule has 0 atom stereocenters. The van der Waals surface area contributed by atoms with Gasteiger partial charge in [0.1, 0.15) is 0 Å². The smallest absolute Gasteiger partial charge is 0.168 e. The van der Waals surface area contributed by atoms with Gasteiger partial charge in [-0.3, -0.25) is 4.79 Å². The summed E-state index contributed by atoms with van der Waals surface area (Å²) in [7, 11) is 0. The lowest BCUT2D eigenvalue weighted by Crippen LogP contribution is -2.02. The minimum absolute atomic E-state index is 0.0713. The van der Waals surface area contributed by atoms with E-state index in [9.17, 15) is 14.3 Å². The number of aromatic hydroxyl groups is 1. The van der Waals surface area contributed by atoms with E-state index in [4.69, 9.17) is 0 Å². The molecule has 3 heteroatoms. The van der Waals surface area contributed by atoms with E-state index in [1.807, 2.05) is 31.2 Å². The van der Waals surface area contributed by atoms with E-state index in [1.54, 1.807) is 6.92 Å². The van der Waals surface area contributed by atoms with Crippen LogP contribution in [0.15, 0.2) is 36.4 Å². The maximum atomic E-state index is 13.6. The number of phenols is 1. The summed E-state index contributed by atoms with van der Waals surface area (Å²) in [5.41, 5.74) is 2.79. The molecule has 0 heterocycles. The molecule has 0 fully saturated rings. The second-order valence-corrected chi connectivity index (χ2v) is 5.35. The van der Waals surface area contributed by atoms with Gasteiger partial charge < -0.3 is 5.11 Å². The van der Waals surface area contributed by atoms with Gasteiger partial charge in [-0.1, -0.05) is 35.9 Å². The normalized spacial score (nSPS) is 10.6. The highest BCUT2D eigenvalue weighted by molar-refractivity contribution is 5.98. The Hall–Kier alpha value is -2.16. The van der Waals surface area contributed by atoms with Crippen LogP contribution in [0.25, 0.3) is 0 Å². The monoisotopic (exact) mass is 286 g/mol. The van der Waals surface area contributed by atoms with Crippen LogP contribution >= 0.6 is 0 Å². The Morgan fingerprint density at radius 1 is 1.10 bits per heavy atom. The molecule has 110 valence electrons. The van der Waals surface area contributed by atoms with Crippen LogP contribution in [0.5, 0.6) is 5.75 Å². The first-order valence-corrected chi connectivity index (χ1v) is 7.06. The predicted octanol–water partition coefficient (Wildman–Crippen LogP) is 4.35. The fraction of sp³-hybridized carbons (Fsp3) is 0.278. The summed E-state index contributed by atoms with van der Waals surface area (Å²) in [4.78, 5) is 12.0. The van der Waals surface area contributed by atoms with Gasteiger partial charge in [0.15, 0.2) is 17.3 Å². The summed E-state index contributed by atoms with van der Waals surface area (Å²) >= 11 is 0. The SMILES string of the molecule is Cc1ccc(CCCC(=O)c2ccc(C)c(F)c2O)cc1. The molecule has 0 bridgehead atoms. The first-order chi connectivity index (χ1) is 9.99. The Morgan fingerprint density at radius 2 is 1.76 bits per heavy atom. The van der Waals surface area contributed by atoms with Crippen molar-refractivity contribution in [3.05, 3.63) is 64.5 Å². The first-order valence-electron chi connectivity index (χ1n) is 7.06. The van der Waals surface area contributed by atoms with Gasteiger partial charge in [0, 0.05) is 6.42 Å². The minimum Gasteiger partial charge on any atom is -0.504 e. The van der Waals surface area contributed by atoms with Gasteiger partial charge >= 0.3 is 0 Å². The third-order valence-electron chi connectivity index (χ3n) is 3.60. The molecule has 0 amide bonds. The number of carbonyl (C=O) groups excluding carboxylic acids is 1. The fourth-order valence-electron chi connectivity index (χ4n) is 2.23. The van der Waals surface area contributed by atoms with Crippen molar-refractivity contribution >= 4 is 5.78 Å². The maximum absolute atomic E-state index is 13.6. The first kappa shape index (κ1) is 15.2. The molecule has 0 saturated heterocycles. The molecule has 0 radical (unpaired) electrons. The van der Waals surface area contributed by atoms with Crippen LogP contribution in [0.1, 0.15) is 39.9 Å². The van der Waals surface area contributed by atoms with Crippen molar-refractivity contribution in [3.8, 4) is 5.75 Å². The fourth-order valence-corrected chi connectivity index (χ4v) is 2.23. The van der Waals surface area contributed by atoms with Gasteiger partial charge in [0.25, 0.3) is 0 Å². The zero-order valence-electron chi connectivity index (χ0n) is 12.3. The van der Waals surface area contributed by atoms with Crippen LogP contribution in [0, 0.1) is 19.7 Å². The van der Waals surface area contributed by atoms with E-state index in [0.29, 0.717) is 18.4 Å². The van der Waals surface area contributed by atoms with E-state index in [1.165, 1.54) is 23.3 Å². The topological polar surface area (TPSA) is 37.3 Å². The lowest BCUT2D eigenvalue weighted by molar-refractivity contribution is 0.0977. The number of phenolic OH excluding ortho intramolecular Hbond substituents is 1. The Balaban J connectivity index is 1.96. The standard InChI is InChI=1S/C18H19FO2/c1-12-6-9-14(10-7-12)4-3-5-16(20)15-11-8-13(2)17(19)18(15)21/h6-11,21H,3-5H2,1-2H3. The van der Waals surface area contributed by atoms with Crippen molar-refractivity contribution in [3.63, 3.8) is 0 Å². The average Bonchev–Trinajstić information content (AvgIpc) is 2.47. The van der Waals surface area contributed by atoms with Gasteiger partial charge in [-0.2, -0.15) is 0 Å². The van der Waals surface area contributed by atoms with Crippen molar-refractivity contribution in [2.24, 2.45) is 0 Å². The molecule has 2 nitrogen and oxygen atoms in total. The highest BCUT2D eigenvalue weighted by atomic mass is 19.1. The second-order valence-electron chi connectivity index (χ2n) is 5.35. The molecule has 2 aromatic rings. The Bertz CT molecular complexity index is 645. The molecule has 1 N–H and O–H groups in total. The second kappa shape index (κ2) is 6.53. The number of ketones is 1. The molecule has 0 saturated carbocycles. The summed E-state index contributed by atoms with van der Waals surface area (Å²) in [6, 6.07) is 11.2. The Labute approximate surface area is 124 Å². The maximum Gasteiger partial charge on any atom is 0.168 e. The van der Waals surface area contributed by atoms with Crippen LogP contribution in [0.3, 0.4) is 0 Å². The van der Waals surface area contributed by atoms with Gasteiger partial charge in [0.2, 0.25) is 0 Å².